The molecular weight excluding hydrogens is 340 g/mol. The van der Waals surface area contributed by atoms with Gasteiger partial charge in [0.15, 0.2) is 0 Å². The smallest absolute Gasteiger partial charge is 0.0462 e. The fourth-order valence-corrected chi connectivity index (χ4v) is 5.59. The first-order valence-corrected chi connectivity index (χ1v) is 11.4. The van der Waals surface area contributed by atoms with Gasteiger partial charge in [0.25, 0.3) is 0 Å². The van der Waals surface area contributed by atoms with Crippen molar-refractivity contribution >= 4 is 11.6 Å². The van der Waals surface area contributed by atoms with Crippen molar-refractivity contribution in [3.05, 3.63) is 34.9 Å². The molecule has 1 aromatic rings. The van der Waals surface area contributed by atoms with Crippen molar-refractivity contribution in [3.63, 3.8) is 0 Å². The Balaban J connectivity index is 1.34. The number of unbranched alkanes of at least 4 members (excludes halogenated alkanes) is 2. The van der Waals surface area contributed by atoms with Crippen molar-refractivity contribution in [3.8, 4) is 0 Å². The fourth-order valence-electron chi connectivity index (χ4n) is 5.46. The number of halogens is 1. The molecule has 2 aliphatic rings. The van der Waals surface area contributed by atoms with Crippen molar-refractivity contribution < 1.29 is 4.74 Å². The van der Waals surface area contributed by atoms with Crippen molar-refractivity contribution in [2.24, 2.45) is 17.8 Å². The zero-order valence-corrected chi connectivity index (χ0v) is 17.4. The summed E-state index contributed by atoms with van der Waals surface area (Å²) in [5.74, 6) is 3.80. The maximum absolute atomic E-state index is 6.04. The normalized spacial score (nSPS) is 29.6. The molecule has 1 nitrogen and oxygen atoms in total. The minimum atomic E-state index is 0.770. The number of hydrogen-bond donors (Lipinski definition) is 0. The molecule has 0 amide bonds. The summed E-state index contributed by atoms with van der Waals surface area (Å²) >= 11 is 6.04. The van der Waals surface area contributed by atoms with E-state index in [4.69, 9.17) is 16.3 Å². The van der Waals surface area contributed by atoms with Crippen LogP contribution in [0.5, 0.6) is 0 Å². The molecule has 2 saturated carbocycles. The maximum atomic E-state index is 6.04. The van der Waals surface area contributed by atoms with E-state index in [2.05, 4.69) is 24.3 Å². The second kappa shape index (κ2) is 10.7. The molecule has 0 heterocycles. The Hall–Kier alpha value is -0.530. The molecule has 0 aromatic heterocycles. The molecule has 0 atom stereocenters. The summed E-state index contributed by atoms with van der Waals surface area (Å²) in [6.45, 7) is 0.936. The number of methoxy groups -OCH3 is 1. The monoisotopic (exact) mass is 376 g/mol. The molecule has 0 aliphatic heterocycles. The van der Waals surface area contributed by atoms with E-state index in [9.17, 15) is 0 Å². The van der Waals surface area contributed by atoms with Crippen LogP contribution in [0, 0.1) is 17.8 Å². The maximum Gasteiger partial charge on any atom is 0.0462 e. The van der Waals surface area contributed by atoms with Gasteiger partial charge in [-0.1, -0.05) is 55.8 Å². The van der Waals surface area contributed by atoms with Crippen LogP contribution in [0.1, 0.15) is 88.5 Å². The quantitative estimate of drug-likeness (QED) is 0.424. The Bertz CT molecular complexity index is 495. The lowest BCUT2D eigenvalue weighted by atomic mass is 9.68. The Labute approximate surface area is 165 Å². The average Bonchev–Trinajstić information content (AvgIpc) is 2.69. The van der Waals surface area contributed by atoms with Gasteiger partial charge in [0.05, 0.1) is 0 Å². The highest BCUT2D eigenvalue weighted by Crippen LogP contribution is 2.44. The Morgan fingerprint density at radius 1 is 0.808 bits per heavy atom. The van der Waals surface area contributed by atoms with Gasteiger partial charge in [0.2, 0.25) is 0 Å². The SMILES string of the molecule is COCCCCCC1CCC(C2CCC(c3ccc(Cl)cc3)CC2)CC1. The summed E-state index contributed by atoms with van der Waals surface area (Å²) < 4.78 is 5.15. The summed E-state index contributed by atoms with van der Waals surface area (Å²) in [7, 11) is 1.81. The molecule has 146 valence electrons. The van der Waals surface area contributed by atoms with Gasteiger partial charge < -0.3 is 4.74 Å². The lowest BCUT2D eigenvalue weighted by molar-refractivity contribution is 0.154. The van der Waals surface area contributed by atoms with Gasteiger partial charge in [-0.2, -0.15) is 0 Å². The molecule has 0 N–H and O–H groups in total. The van der Waals surface area contributed by atoms with E-state index in [-0.39, 0.29) is 0 Å². The molecule has 0 radical (unpaired) electrons. The van der Waals surface area contributed by atoms with Crippen molar-refractivity contribution in [1.82, 2.24) is 0 Å². The van der Waals surface area contributed by atoms with Crippen LogP contribution in [0.4, 0.5) is 0 Å². The summed E-state index contributed by atoms with van der Waals surface area (Å²) in [4.78, 5) is 0. The zero-order valence-electron chi connectivity index (χ0n) is 16.6. The molecule has 2 fully saturated rings. The minimum Gasteiger partial charge on any atom is -0.385 e. The Kier molecular flexibility index (Phi) is 8.33. The van der Waals surface area contributed by atoms with Crippen molar-refractivity contribution in [1.29, 1.82) is 0 Å². The van der Waals surface area contributed by atoms with Gasteiger partial charge in [-0.25, -0.2) is 0 Å². The van der Waals surface area contributed by atoms with E-state index < -0.39 is 0 Å². The van der Waals surface area contributed by atoms with E-state index in [0.717, 1.165) is 35.3 Å². The zero-order chi connectivity index (χ0) is 18.2. The molecule has 0 bridgehead atoms. The topological polar surface area (TPSA) is 9.23 Å². The molecule has 0 spiro atoms. The first-order valence-electron chi connectivity index (χ1n) is 11.0. The van der Waals surface area contributed by atoms with Gasteiger partial charge in [-0.15, -0.1) is 0 Å². The van der Waals surface area contributed by atoms with Gasteiger partial charge in [-0.05, 0) is 86.3 Å². The van der Waals surface area contributed by atoms with Crippen LogP contribution in [-0.4, -0.2) is 13.7 Å². The Morgan fingerprint density at radius 2 is 1.42 bits per heavy atom. The highest BCUT2D eigenvalue weighted by Gasteiger charge is 2.31. The van der Waals surface area contributed by atoms with E-state index in [0.29, 0.717) is 0 Å². The van der Waals surface area contributed by atoms with Gasteiger partial charge in [0, 0.05) is 18.7 Å². The first-order chi connectivity index (χ1) is 12.8. The van der Waals surface area contributed by atoms with Crippen LogP contribution in [0.25, 0.3) is 0 Å². The molecule has 1 aromatic carbocycles. The van der Waals surface area contributed by atoms with Crippen LogP contribution < -0.4 is 0 Å². The predicted molar refractivity (Wildman–Crippen MR) is 112 cm³/mol. The molecule has 2 aliphatic carbocycles. The summed E-state index contributed by atoms with van der Waals surface area (Å²) in [6, 6.07) is 8.59. The third-order valence-electron chi connectivity index (χ3n) is 7.13. The molecule has 0 saturated heterocycles. The second-order valence-corrected chi connectivity index (χ2v) is 9.22. The van der Waals surface area contributed by atoms with Gasteiger partial charge in [0.1, 0.15) is 0 Å². The van der Waals surface area contributed by atoms with Crippen LogP contribution in [0.3, 0.4) is 0 Å². The fraction of sp³-hybridized carbons (Fsp3) is 0.750. The number of benzene rings is 1. The predicted octanol–water partition coefficient (Wildman–Crippen LogP) is 7.63. The first kappa shape index (κ1) is 20.2. The molecule has 3 rings (SSSR count). The molecule has 2 heteroatoms. The van der Waals surface area contributed by atoms with Gasteiger partial charge in [-0.3, -0.25) is 0 Å². The lowest BCUT2D eigenvalue weighted by Gasteiger charge is -2.38. The number of rotatable bonds is 8. The van der Waals surface area contributed by atoms with Crippen molar-refractivity contribution in [2.75, 3.05) is 13.7 Å². The van der Waals surface area contributed by atoms with Gasteiger partial charge >= 0.3 is 0 Å². The van der Waals surface area contributed by atoms with Crippen LogP contribution in [0.15, 0.2) is 24.3 Å². The van der Waals surface area contributed by atoms with E-state index in [1.165, 1.54) is 82.6 Å². The third-order valence-corrected chi connectivity index (χ3v) is 7.38. The highest BCUT2D eigenvalue weighted by molar-refractivity contribution is 6.30. The van der Waals surface area contributed by atoms with E-state index >= 15 is 0 Å². The van der Waals surface area contributed by atoms with Crippen molar-refractivity contribution in [2.45, 2.75) is 83.0 Å². The molecule has 26 heavy (non-hydrogen) atoms. The number of hydrogen-bond acceptors (Lipinski definition) is 1. The second-order valence-electron chi connectivity index (χ2n) is 8.79. The third kappa shape index (κ3) is 5.99. The number of ether oxygens (including phenoxy) is 1. The molecule has 0 unspecified atom stereocenters. The van der Waals surface area contributed by atoms with E-state index in [1.807, 2.05) is 7.11 Å². The van der Waals surface area contributed by atoms with E-state index in [1.54, 1.807) is 0 Å². The summed E-state index contributed by atoms with van der Waals surface area (Å²) in [6.07, 6.45) is 17.1. The standard InChI is InChI=1S/C24H37ClO/c1-26-18-4-2-3-5-19-6-8-20(9-7-19)21-10-12-22(13-11-21)23-14-16-24(25)17-15-23/h14-17,19-22H,2-13,18H2,1H3. The lowest BCUT2D eigenvalue weighted by Crippen LogP contribution is -2.25. The van der Waals surface area contributed by atoms with Crippen LogP contribution in [0.2, 0.25) is 5.02 Å². The summed E-state index contributed by atoms with van der Waals surface area (Å²) in [5.41, 5.74) is 1.50. The van der Waals surface area contributed by atoms with Crippen LogP contribution >= 0.6 is 11.6 Å². The van der Waals surface area contributed by atoms with Crippen LogP contribution in [-0.2, 0) is 4.74 Å². The largest absolute Gasteiger partial charge is 0.385 e. The highest BCUT2D eigenvalue weighted by atomic mass is 35.5. The minimum absolute atomic E-state index is 0.770. The Morgan fingerprint density at radius 3 is 2.04 bits per heavy atom. The molecular formula is C24H37ClO. The summed E-state index contributed by atoms with van der Waals surface area (Å²) in [5, 5.41) is 0.859. The average molecular weight is 377 g/mol.